The zero-order valence-corrected chi connectivity index (χ0v) is 14.9. The number of anilines is 1. The van der Waals surface area contributed by atoms with Crippen LogP contribution in [0.1, 0.15) is 39.0 Å². The third kappa shape index (κ3) is 3.60. The summed E-state index contributed by atoms with van der Waals surface area (Å²) in [5.74, 6) is -0.0613. The Bertz CT molecular complexity index is 1030. The molecule has 0 saturated carbocycles. The highest BCUT2D eigenvalue weighted by Crippen LogP contribution is 2.26. The number of benzene rings is 1. The van der Waals surface area contributed by atoms with Gasteiger partial charge in [-0.05, 0) is 44.2 Å². The van der Waals surface area contributed by atoms with E-state index in [4.69, 9.17) is 4.42 Å². The van der Waals surface area contributed by atoms with Crippen molar-refractivity contribution >= 4 is 17.5 Å². The summed E-state index contributed by atoms with van der Waals surface area (Å²) in [4.78, 5) is 24.7. The van der Waals surface area contributed by atoms with Crippen LogP contribution in [0.25, 0.3) is 5.88 Å². The molecular formula is C20H18N4O3. The lowest BCUT2D eigenvalue weighted by atomic mass is 10.1. The zero-order valence-electron chi connectivity index (χ0n) is 14.9. The van der Waals surface area contributed by atoms with Crippen LogP contribution < -0.4 is 10.6 Å². The summed E-state index contributed by atoms with van der Waals surface area (Å²) in [6, 6.07) is 12.2. The lowest BCUT2D eigenvalue weighted by Crippen LogP contribution is -2.22. The molecule has 0 spiro atoms. The first-order valence-electron chi connectivity index (χ1n) is 8.41. The molecule has 0 aliphatic heterocycles. The Labute approximate surface area is 156 Å². The molecule has 2 amide bonds. The second-order valence-corrected chi connectivity index (χ2v) is 5.81. The standard InChI is InChI=1S/C20H18N4O3/c1-3-22-18(25)14-7-6-8-15(11-14)23-19(26)17-13(2)27-20(16(17)12-21)24-9-4-5-10-24/h4-11H,3H2,1-2H3,(H,22,25)(H,23,26). The number of nitrogens with one attached hydrogen (secondary N) is 2. The van der Waals surface area contributed by atoms with E-state index in [9.17, 15) is 14.9 Å². The van der Waals surface area contributed by atoms with E-state index in [0.29, 0.717) is 29.4 Å². The number of rotatable bonds is 5. The predicted octanol–water partition coefficient (Wildman–Crippen LogP) is 3.25. The highest BCUT2D eigenvalue weighted by atomic mass is 16.4. The second kappa shape index (κ2) is 7.62. The summed E-state index contributed by atoms with van der Waals surface area (Å²) in [6.07, 6.45) is 3.47. The maximum Gasteiger partial charge on any atom is 0.260 e. The number of hydrogen-bond acceptors (Lipinski definition) is 4. The first-order chi connectivity index (χ1) is 13.0. The first kappa shape index (κ1) is 18.0. The Morgan fingerprint density at radius 1 is 1.19 bits per heavy atom. The van der Waals surface area contributed by atoms with Gasteiger partial charge in [-0.15, -0.1) is 0 Å². The molecule has 0 fully saturated rings. The van der Waals surface area contributed by atoms with Crippen molar-refractivity contribution in [2.24, 2.45) is 0 Å². The Morgan fingerprint density at radius 3 is 2.59 bits per heavy atom. The van der Waals surface area contributed by atoms with Crippen LogP contribution in [0, 0.1) is 18.3 Å². The molecule has 1 aromatic carbocycles. The van der Waals surface area contributed by atoms with Crippen molar-refractivity contribution < 1.29 is 14.0 Å². The minimum absolute atomic E-state index is 0.154. The van der Waals surface area contributed by atoms with Crippen LogP contribution in [-0.2, 0) is 0 Å². The third-order valence-electron chi connectivity index (χ3n) is 3.96. The number of nitrogens with zero attached hydrogens (tertiary/aromatic N) is 2. The number of hydrogen-bond donors (Lipinski definition) is 2. The van der Waals surface area contributed by atoms with E-state index in [2.05, 4.69) is 10.6 Å². The van der Waals surface area contributed by atoms with E-state index in [1.807, 2.05) is 13.0 Å². The fraction of sp³-hybridized carbons (Fsp3) is 0.150. The van der Waals surface area contributed by atoms with E-state index in [1.165, 1.54) is 0 Å². The molecule has 0 saturated heterocycles. The molecule has 136 valence electrons. The molecule has 3 rings (SSSR count). The van der Waals surface area contributed by atoms with Crippen molar-refractivity contribution in [2.45, 2.75) is 13.8 Å². The van der Waals surface area contributed by atoms with E-state index < -0.39 is 5.91 Å². The van der Waals surface area contributed by atoms with Crippen molar-refractivity contribution in [1.82, 2.24) is 9.88 Å². The summed E-state index contributed by atoms with van der Waals surface area (Å²) < 4.78 is 7.29. The van der Waals surface area contributed by atoms with E-state index in [-0.39, 0.29) is 17.0 Å². The highest BCUT2D eigenvalue weighted by Gasteiger charge is 2.24. The van der Waals surface area contributed by atoms with Crippen molar-refractivity contribution in [1.29, 1.82) is 5.26 Å². The van der Waals surface area contributed by atoms with E-state index in [1.54, 1.807) is 60.3 Å². The second-order valence-electron chi connectivity index (χ2n) is 5.81. The fourth-order valence-corrected chi connectivity index (χ4v) is 2.75. The van der Waals surface area contributed by atoms with Gasteiger partial charge in [-0.25, -0.2) is 0 Å². The quantitative estimate of drug-likeness (QED) is 0.727. The molecule has 0 unspecified atom stereocenters. The summed E-state index contributed by atoms with van der Waals surface area (Å²) in [6.45, 7) is 3.97. The van der Waals surface area contributed by atoms with Crippen LogP contribution in [0.15, 0.2) is 53.2 Å². The van der Waals surface area contributed by atoms with Gasteiger partial charge in [-0.1, -0.05) is 6.07 Å². The summed E-state index contributed by atoms with van der Waals surface area (Å²) in [5.41, 5.74) is 1.22. The van der Waals surface area contributed by atoms with Crippen LogP contribution in [0.2, 0.25) is 0 Å². The molecule has 7 nitrogen and oxygen atoms in total. The van der Waals surface area contributed by atoms with Crippen LogP contribution in [-0.4, -0.2) is 22.9 Å². The first-order valence-corrected chi connectivity index (χ1v) is 8.41. The molecule has 3 aromatic rings. The van der Waals surface area contributed by atoms with E-state index >= 15 is 0 Å². The fourth-order valence-electron chi connectivity index (χ4n) is 2.75. The monoisotopic (exact) mass is 362 g/mol. The molecule has 2 heterocycles. The summed E-state index contributed by atoms with van der Waals surface area (Å²) in [5, 5.41) is 15.0. The minimum atomic E-state index is -0.473. The van der Waals surface area contributed by atoms with E-state index in [0.717, 1.165) is 0 Å². The van der Waals surface area contributed by atoms with Gasteiger partial charge in [0.1, 0.15) is 23.0 Å². The predicted molar refractivity (Wildman–Crippen MR) is 99.9 cm³/mol. The molecule has 0 bridgehead atoms. The molecule has 0 aliphatic rings. The molecule has 0 aliphatic carbocycles. The molecule has 7 heteroatoms. The van der Waals surface area contributed by atoms with Gasteiger partial charge in [-0.2, -0.15) is 5.26 Å². The Hall–Kier alpha value is -3.79. The SMILES string of the molecule is CCNC(=O)c1cccc(NC(=O)c2c(C)oc(-n3cccc3)c2C#N)c1. The molecule has 27 heavy (non-hydrogen) atoms. The Morgan fingerprint density at radius 2 is 1.93 bits per heavy atom. The zero-order chi connectivity index (χ0) is 19.4. The normalized spacial score (nSPS) is 10.3. The maximum absolute atomic E-state index is 12.8. The summed E-state index contributed by atoms with van der Waals surface area (Å²) in [7, 11) is 0. The molecule has 2 N–H and O–H groups in total. The van der Waals surface area contributed by atoms with Crippen LogP contribution in [0.5, 0.6) is 0 Å². The van der Waals surface area contributed by atoms with Crippen molar-refractivity contribution in [3.8, 4) is 12.0 Å². The molecule has 0 radical (unpaired) electrons. The Balaban J connectivity index is 1.91. The van der Waals surface area contributed by atoms with Gasteiger partial charge >= 0.3 is 0 Å². The lowest BCUT2D eigenvalue weighted by Gasteiger charge is -2.07. The van der Waals surface area contributed by atoms with Gasteiger partial charge < -0.3 is 15.1 Å². The number of furan rings is 1. The average Bonchev–Trinajstić information content (AvgIpc) is 3.29. The van der Waals surface area contributed by atoms with Crippen molar-refractivity contribution in [2.75, 3.05) is 11.9 Å². The lowest BCUT2D eigenvalue weighted by molar-refractivity contribution is 0.0954. The number of aryl methyl sites for hydroxylation is 1. The van der Waals surface area contributed by atoms with Gasteiger partial charge in [0.05, 0.1) is 0 Å². The van der Waals surface area contributed by atoms with Gasteiger partial charge in [0.25, 0.3) is 11.8 Å². The van der Waals surface area contributed by atoms with Crippen LogP contribution in [0.3, 0.4) is 0 Å². The van der Waals surface area contributed by atoms with Gasteiger partial charge in [0.2, 0.25) is 5.88 Å². The molecule has 0 atom stereocenters. The number of carbonyl (C=O) groups excluding carboxylic acids is 2. The topological polar surface area (TPSA) is 100 Å². The molecular weight excluding hydrogens is 344 g/mol. The number of aromatic nitrogens is 1. The average molecular weight is 362 g/mol. The maximum atomic E-state index is 12.8. The largest absolute Gasteiger partial charge is 0.443 e. The minimum Gasteiger partial charge on any atom is -0.443 e. The third-order valence-corrected chi connectivity index (χ3v) is 3.96. The highest BCUT2D eigenvalue weighted by molar-refractivity contribution is 6.07. The van der Waals surface area contributed by atoms with Crippen LogP contribution >= 0.6 is 0 Å². The number of carbonyl (C=O) groups is 2. The van der Waals surface area contributed by atoms with Crippen molar-refractivity contribution in [3.05, 3.63) is 71.2 Å². The molecule has 2 aromatic heterocycles. The van der Waals surface area contributed by atoms with Gasteiger partial charge in [0, 0.05) is 30.2 Å². The van der Waals surface area contributed by atoms with Crippen LogP contribution in [0.4, 0.5) is 5.69 Å². The summed E-state index contributed by atoms with van der Waals surface area (Å²) >= 11 is 0. The number of nitriles is 1. The van der Waals surface area contributed by atoms with Crippen molar-refractivity contribution in [3.63, 3.8) is 0 Å². The smallest absolute Gasteiger partial charge is 0.260 e. The Kier molecular flexibility index (Phi) is 5.08. The number of amides is 2. The van der Waals surface area contributed by atoms with Gasteiger partial charge in [0.15, 0.2) is 0 Å². The van der Waals surface area contributed by atoms with Gasteiger partial charge in [-0.3, -0.25) is 14.2 Å².